The maximum atomic E-state index is 9.23. The van der Waals surface area contributed by atoms with Gasteiger partial charge in [-0.2, -0.15) is 5.26 Å². The Balaban J connectivity index is 2.95. The normalized spacial score (nSPS) is 12.2. The number of hydrogen-bond acceptors (Lipinski definition) is 3. The van der Waals surface area contributed by atoms with Gasteiger partial charge in [0.05, 0.1) is 23.9 Å². The summed E-state index contributed by atoms with van der Waals surface area (Å²) in [6.45, 7) is 4.10. The van der Waals surface area contributed by atoms with Gasteiger partial charge in [-0.1, -0.05) is 29.8 Å². The lowest BCUT2D eigenvalue weighted by molar-refractivity contribution is 0.249. The lowest BCUT2D eigenvalue weighted by Crippen LogP contribution is -2.29. The Hall–Kier alpha value is -1.05. The van der Waals surface area contributed by atoms with Gasteiger partial charge in [-0.3, -0.25) is 0 Å². The van der Waals surface area contributed by atoms with E-state index in [1.807, 2.05) is 26.0 Å². The van der Waals surface area contributed by atoms with E-state index >= 15 is 0 Å². The molecule has 0 amide bonds. The van der Waals surface area contributed by atoms with Crippen molar-refractivity contribution in [2.75, 3.05) is 11.9 Å². The molecule has 1 aromatic rings. The first kappa shape index (κ1) is 13.0. The second-order valence-corrected chi connectivity index (χ2v) is 4.89. The van der Waals surface area contributed by atoms with Crippen LogP contribution in [0.25, 0.3) is 0 Å². The molecule has 0 heterocycles. The summed E-state index contributed by atoms with van der Waals surface area (Å²) in [7, 11) is 0. The van der Waals surface area contributed by atoms with Crippen LogP contribution in [-0.4, -0.2) is 17.8 Å². The molecular formula is C12H15BrN2O. The van der Waals surface area contributed by atoms with Crippen LogP contribution in [0.3, 0.4) is 0 Å². The zero-order valence-corrected chi connectivity index (χ0v) is 11.0. The zero-order chi connectivity index (χ0) is 12.1. The molecule has 1 aromatic carbocycles. The van der Waals surface area contributed by atoms with Crippen molar-refractivity contribution in [1.29, 1.82) is 5.26 Å². The van der Waals surface area contributed by atoms with Crippen molar-refractivity contribution >= 4 is 21.6 Å². The molecule has 16 heavy (non-hydrogen) atoms. The largest absolute Gasteiger partial charge is 0.394 e. The molecule has 0 aliphatic rings. The van der Waals surface area contributed by atoms with E-state index in [0.717, 1.165) is 10.2 Å². The standard InChI is InChI=1S/C12H15BrN2O/c1-8(2)12(7-16)15-11-5-10(13)4-3-9(11)6-14/h3-5,8,12,15-16H,7H2,1-2H3/t12-/m1/s1. The Morgan fingerprint density at radius 3 is 2.69 bits per heavy atom. The van der Waals surface area contributed by atoms with Crippen molar-refractivity contribution in [2.24, 2.45) is 5.92 Å². The maximum absolute atomic E-state index is 9.23. The van der Waals surface area contributed by atoms with Crippen LogP contribution in [0.4, 0.5) is 5.69 Å². The lowest BCUT2D eigenvalue weighted by atomic mass is 10.0. The number of benzene rings is 1. The molecule has 1 atom stereocenters. The second kappa shape index (κ2) is 5.88. The third-order valence-electron chi connectivity index (χ3n) is 2.44. The lowest BCUT2D eigenvalue weighted by Gasteiger charge is -2.21. The van der Waals surface area contributed by atoms with Gasteiger partial charge in [-0.05, 0) is 24.1 Å². The van der Waals surface area contributed by atoms with Gasteiger partial charge < -0.3 is 10.4 Å². The number of hydrogen-bond donors (Lipinski definition) is 2. The van der Waals surface area contributed by atoms with E-state index in [0.29, 0.717) is 11.5 Å². The van der Waals surface area contributed by atoms with Gasteiger partial charge in [0.1, 0.15) is 6.07 Å². The number of nitrogens with zero attached hydrogens (tertiary/aromatic N) is 1. The minimum atomic E-state index is -0.0404. The van der Waals surface area contributed by atoms with E-state index < -0.39 is 0 Å². The third kappa shape index (κ3) is 3.22. The van der Waals surface area contributed by atoms with Crippen LogP contribution in [0.15, 0.2) is 22.7 Å². The average Bonchev–Trinajstić information content (AvgIpc) is 2.25. The molecule has 0 unspecified atom stereocenters. The van der Waals surface area contributed by atoms with Crippen LogP contribution < -0.4 is 5.32 Å². The predicted octanol–water partition coefficient (Wildman–Crippen LogP) is 2.75. The Bertz CT molecular complexity index is 398. The molecule has 0 bridgehead atoms. The molecule has 0 spiro atoms. The number of nitrogens with one attached hydrogen (secondary N) is 1. The second-order valence-electron chi connectivity index (χ2n) is 3.98. The number of aliphatic hydroxyl groups excluding tert-OH is 1. The molecule has 1 rings (SSSR count). The Labute approximate surface area is 104 Å². The number of halogens is 1. The Kier molecular flexibility index (Phi) is 4.78. The number of rotatable bonds is 4. The van der Waals surface area contributed by atoms with Gasteiger partial charge in [-0.25, -0.2) is 0 Å². The van der Waals surface area contributed by atoms with E-state index in [1.54, 1.807) is 6.07 Å². The van der Waals surface area contributed by atoms with Crippen LogP contribution in [-0.2, 0) is 0 Å². The van der Waals surface area contributed by atoms with Crippen LogP contribution in [0.5, 0.6) is 0 Å². The molecule has 0 fully saturated rings. The topological polar surface area (TPSA) is 56.0 Å². The van der Waals surface area contributed by atoms with E-state index in [1.165, 1.54) is 0 Å². The summed E-state index contributed by atoms with van der Waals surface area (Å²) in [5.74, 6) is 0.301. The van der Waals surface area contributed by atoms with Crippen LogP contribution in [0.1, 0.15) is 19.4 Å². The fourth-order valence-electron chi connectivity index (χ4n) is 1.36. The first-order valence-electron chi connectivity index (χ1n) is 5.15. The molecule has 0 aromatic heterocycles. The summed E-state index contributed by atoms with van der Waals surface area (Å²) in [5, 5.41) is 21.4. The van der Waals surface area contributed by atoms with Crippen molar-refractivity contribution < 1.29 is 5.11 Å². The van der Waals surface area contributed by atoms with Gasteiger partial charge in [0.2, 0.25) is 0 Å². The van der Waals surface area contributed by atoms with Crippen molar-refractivity contribution in [2.45, 2.75) is 19.9 Å². The predicted molar refractivity (Wildman–Crippen MR) is 68.2 cm³/mol. The molecule has 0 saturated carbocycles. The SMILES string of the molecule is CC(C)[C@@H](CO)Nc1cc(Br)ccc1C#N. The molecular weight excluding hydrogens is 268 g/mol. The fraction of sp³-hybridized carbons (Fsp3) is 0.417. The highest BCUT2D eigenvalue weighted by molar-refractivity contribution is 9.10. The fourth-order valence-corrected chi connectivity index (χ4v) is 1.72. The maximum Gasteiger partial charge on any atom is 0.101 e. The summed E-state index contributed by atoms with van der Waals surface area (Å²) in [6, 6.07) is 7.51. The highest BCUT2D eigenvalue weighted by atomic mass is 79.9. The monoisotopic (exact) mass is 282 g/mol. The minimum Gasteiger partial charge on any atom is -0.394 e. The average molecular weight is 283 g/mol. The van der Waals surface area contributed by atoms with Gasteiger partial charge >= 0.3 is 0 Å². The molecule has 4 heteroatoms. The van der Waals surface area contributed by atoms with E-state index in [2.05, 4.69) is 27.3 Å². The smallest absolute Gasteiger partial charge is 0.101 e. The Morgan fingerprint density at radius 1 is 1.50 bits per heavy atom. The molecule has 0 radical (unpaired) electrons. The molecule has 0 saturated heterocycles. The first-order chi connectivity index (χ1) is 7.58. The van der Waals surface area contributed by atoms with E-state index in [-0.39, 0.29) is 12.6 Å². The summed E-state index contributed by atoms with van der Waals surface area (Å²) >= 11 is 3.36. The third-order valence-corrected chi connectivity index (χ3v) is 2.94. The van der Waals surface area contributed by atoms with Crippen LogP contribution in [0, 0.1) is 17.2 Å². The molecule has 0 aliphatic heterocycles. The van der Waals surface area contributed by atoms with Gasteiger partial charge in [0.15, 0.2) is 0 Å². The summed E-state index contributed by atoms with van der Waals surface area (Å²) in [6.07, 6.45) is 0. The number of anilines is 1. The highest BCUT2D eigenvalue weighted by Gasteiger charge is 2.13. The van der Waals surface area contributed by atoms with E-state index in [9.17, 15) is 5.11 Å². The Morgan fingerprint density at radius 2 is 2.19 bits per heavy atom. The highest BCUT2D eigenvalue weighted by Crippen LogP contribution is 2.22. The van der Waals surface area contributed by atoms with Crippen molar-refractivity contribution in [1.82, 2.24) is 0 Å². The van der Waals surface area contributed by atoms with Crippen LogP contribution in [0.2, 0.25) is 0 Å². The molecule has 2 N–H and O–H groups in total. The van der Waals surface area contributed by atoms with E-state index in [4.69, 9.17) is 5.26 Å². The minimum absolute atomic E-state index is 0.0404. The number of aliphatic hydroxyl groups is 1. The molecule has 3 nitrogen and oxygen atoms in total. The first-order valence-corrected chi connectivity index (χ1v) is 5.94. The van der Waals surface area contributed by atoms with Crippen molar-refractivity contribution in [3.63, 3.8) is 0 Å². The zero-order valence-electron chi connectivity index (χ0n) is 9.37. The number of nitriles is 1. The summed E-state index contributed by atoms with van der Waals surface area (Å²) in [5.41, 5.74) is 1.34. The summed E-state index contributed by atoms with van der Waals surface area (Å²) in [4.78, 5) is 0. The summed E-state index contributed by atoms with van der Waals surface area (Å²) < 4.78 is 0.912. The van der Waals surface area contributed by atoms with Gasteiger partial charge in [0, 0.05) is 4.47 Å². The molecule has 86 valence electrons. The van der Waals surface area contributed by atoms with Crippen LogP contribution >= 0.6 is 15.9 Å². The van der Waals surface area contributed by atoms with Crippen molar-refractivity contribution in [3.05, 3.63) is 28.2 Å². The van der Waals surface area contributed by atoms with Crippen molar-refractivity contribution in [3.8, 4) is 6.07 Å². The quantitative estimate of drug-likeness (QED) is 0.893. The molecule has 0 aliphatic carbocycles. The van der Waals surface area contributed by atoms with Gasteiger partial charge in [-0.15, -0.1) is 0 Å². The van der Waals surface area contributed by atoms with Gasteiger partial charge in [0.25, 0.3) is 0 Å².